The summed E-state index contributed by atoms with van der Waals surface area (Å²) in [6, 6.07) is 13.2. The Morgan fingerprint density at radius 2 is 1.67 bits per heavy atom. The largest absolute Gasteiger partial charge is 0.573 e. The fourth-order valence-corrected chi connectivity index (χ4v) is 1.84. The van der Waals surface area contributed by atoms with Crippen molar-refractivity contribution in [2.75, 3.05) is 0 Å². The van der Waals surface area contributed by atoms with Crippen LogP contribution < -0.4 is 4.74 Å². The first-order chi connectivity index (χ1) is 9.90. The van der Waals surface area contributed by atoms with E-state index in [9.17, 15) is 18.3 Å². The molecule has 0 spiro atoms. The topological polar surface area (TPSA) is 53.2 Å². The van der Waals surface area contributed by atoms with Gasteiger partial charge in [-0.15, -0.1) is 13.2 Å². The van der Waals surface area contributed by atoms with E-state index < -0.39 is 18.2 Å². The highest BCUT2D eigenvalue weighted by atomic mass is 19.4. The summed E-state index contributed by atoms with van der Waals surface area (Å²) < 4.78 is 40.9. The number of nitrogens with zero attached hydrogens (tertiary/aromatic N) is 1. The Kier molecular flexibility index (Phi) is 4.15. The number of hydrogen-bond acceptors (Lipinski definition) is 3. The predicted octanol–water partition coefficient (Wildman–Crippen LogP) is 3.54. The van der Waals surface area contributed by atoms with Gasteiger partial charge in [-0.25, -0.2) is 0 Å². The number of para-hydroxylation sites is 1. The first-order valence-electron chi connectivity index (χ1n) is 5.93. The molecule has 0 saturated heterocycles. The van der Waals surface area contributed by atoms with Crippen LogP contribution in [0.1, 0.15) is 22.8 Å². The molecule has 0 heterocycles. The van der Waals surface area contributed by atoms with Crippen molar-refractivity contribution < 1.29 is 23.0 Å². The summed E-state index contributed by atoms with van der Waals surface area (Å²) in [5.74, 6) is -0.457. The maximum atomic E-state index is 12.3. The molecular formula is C15H10F3NO2. The van der Waals surface area contributed by atoms with Gasteiger partial charge in [-0.1, -0.05) is 30.3 Å². The molecule has 1 atom stereocenters. The van der Waals surface area contributed by atoms with Gasteiger partial charge in [-0.3, -0.25) is 0 Å². The third kappa shape index (κ3) is 3.74. The van der Waals surface area contributed by atoms with Crippen LogP contribution in [0.15, 0.2) is 48.5 Å². The van der Waals surface area contributed by atoms with Gasteiger partial charge < -0.3 is 9.84 Å². The molecule has 0 aliphatic rings. The fourth-order valence-electron chi connectivity index (χ4n) is 1.84. The smallest absolute Gasteiger partial charge is 0.405 e. The van der Waals surface area contributed by atoms with Crippen LogP contribution in [0.4, 0.5) is 13.2 Å². The molecule has 0 aromatic heterocycles. The Morgan fingerprint density at radius 1 is 1.05 bits per heavy atom. The van der Waals surface area contributed by atoms with Gasteiger partial charge in [0.05, 0.1) is 11.6 Å². The molecule has 3 nitrogen and oxygen atoms in total. The van der Waals surface area contributed by atoms with E-state index in [2.05, 4.69) is 4.74 Å². The van der Waals surface area contributed by atoms with Crippen molar-refractivity contribution in [1.82, 2.24) is 0 Å². The summed E-state index contributed by atoms with van der Waals surface area (Å²) in [6.45, 7) is 0. The molecule has 0 bridgehead atoms. The Hall–Kier alpha value is -2.52. The summed E-state index contributed by atoms with van der Waals surface area (Å²) in [5.41, 5.74) is 0.762. The Bertz CT molecular complexity index is 660. The van der Waals surface area contributed by atoms with Crippen molar-refractivity contribution in [2.45, 2.75) is 12.5 Å². The van der Waals surface area contributed by atoms with Crippen molar-refractivity contribution in [3.8, 4) is 11.8 Å². The SMILES string of the molecule is N#Cc1ccc(C(O)c2ccccc2OC(F)(F)F)cc1. The van der Waals surface area contributed by atoms with E-state index in [1.807, 2.05) is 6.07 Å². The van der Waals surface area contributed by atoms with Gasteiger partial charge in [0.2, 0.25) is 0 Å². The number of benzene rings is 2. The molecule has 0 aliphatic heterocycles. The average molecular weight is 293 g/mol. The molecule has 0 saturated carbocycles. The van der Waals surface area contributed by atoms with Crippen LogP contribution in [0.5, 0.6) is 5.75 Å². The molecule has 0 radical (unpaired) electrons. The molecule has 2 aromatic rings. The molecule has 2 rings (SSSR count). The van der Waals surface area contributed by atoms with Crippen LogP contribution in [-0.2, 0) is 0 Å². The number of aliphatic hydroxyl groups is 1. The van der Waals surface area contributed by atoms with E-state index in [0.29, 0.717) is 11.1 Å². The zero-order valence-electron chi connectivity index (χ0n) is 10.6. The van der Waals surface area contributed by atoms with Gasteiger partial charge >= 0.3 is 6.36 Å². The normalized spacial score (nSPS) is 12.5. The molecule has 0 fully saturated rings. The number of alkyl halides is 3. The molecule has 0 amide bonds. The monoisotopic (exact) mass is 293 g/mol. The number of ether oxygens (including phenoxy) is 1. The molecular weight excluding hydrogens is 283 g/mol. The van der Waals surface area contributed by atoms with Crippen molar-refractivity contribution in [1.29, 1.82) is 5.26 Å². The van der Waals surface area contributed by atoms with Crippen LogP contribution in [0.3, 0.4) is 0 Å². The predicted molar refractivity (Wildman–Crippen MR) is 68.3 cm³/mol. The minimum Gasteiger partial charge on any atom is -0.405 e. The lowest BCUT2D eigenvalue weighted by Crippen LogP contribution is -2.18. The lowest BCUT2D eigenvalue weighted by atomic mass is 10.00. The molecule has 0 aliphatic carbocycles. The maximum Gasteiger partial charge on any atom is 0.573 e. The average Bonchev–Trinajstić information content (AvgIpc) is 2.45. The third-order valence-corrected chi connectivity index (χ3v) is 2.79. The highest BCUT2D eigenvalue weighted by Gasteiger charge is 2.32. The van der Waals surface area contributed by atoms with E-state index in [1.54, 1.807) is 0 Å². The summed E-state index contributed by atoms with van der Waals surface area (Å²) >= 11 is 0. The summed E-state index contributed by atoms with van der Waals surface area (Å²) in [6.07, 6.45) is -6.11. The highest BCUT2D eigenvalue weighted by molar-refractivity contribution is 5.42. The van der Waals surface area contributed by atoms with E-state index in [4.69, 9.17) is 5.26 Å². The zero-order chi connectivity index (χ0) is 15.5. The van der Waals surface area contributed by atoms with Gasteiger partial charge in [0, 0.05) is 5.56 Å². The highest BCUT2D eigenvalue weighted by Crippen LogP contribution is 2.33. The third-order valence-electron chi connectivity index (χ3n) is 2.79. The number of aliphatic hydroxyl groups excluding tert-OH is 1. The number of halogens is 3. The maximum absolute atomic E-state index is 12.3. The number of nitriles is 1. The second-order valence-electron chi connectivity index (χ2n) is 4.22. The minimum atomic E-state index is -4.83. The molecule has 6 heteroatoms. The summed E-state index contributed by atoms with van der Waals surface area (Å²) in [4.78, 5) is 0. The lowest BCUT2D eigenvalue weighted by molar-refractivity contribution is -0.275. The van der Waals surface area contributed by atoms with Gasteiger partial charge in [0.25, 0.3) is 0 Å². The van der Waals surface area contributed by atoms with E-state index in [0.717, 1.165) is 6.07 Å². The summed E-state index contributed by atoms with van der Waals surface area (Å²) in [5, 5.41) is 18.9. The Balaban J connectivity index is 2.34. The van der Waals surface area contributed by atoms with Crippen molar-refractivity contribution in [3.63, 3.8) is 0 Å². The second-order valence-corrected chi connectivity index (χ2v) is 4.22. The molecule has 2 aromatic carbocycles. The second kappa shape index (κ2) is 5.85. The van der Waals surface area contributed by atoms with Gasteiger partial charge in [0.15, 0.2) is 0 Å². The fraction of sp³-hybridized carbons (Fsp3) is 0.133. The molecule has 108 valence electrons. The Morgan fingerprint density at radius 3 is 2.24 bits per heavy atom. The van der Waals surface area contributed by atoms with Gasteiger partial charge in [0.1, 0.15) is 11.9 Å². The van der Waals surface area contributed by atoms with Crippen LogP contribution in [0, 0.1) is 11.3 Å². The van der Waals surface area contributed by atoms with Crippen LogP contribution in [-0.4, -0.2) is 11.5 Å². The lowest BCUT2D eigenvalue weighted by Gasteiger charge is -2.17. The van der Waals surface area contributed by atoms with E-state index >= 15 is 0 Å². The zero-order valence-corrected chi connectivity index (χ0v) is 10.6. The van der Waals surface area contributed by atoms with E-state index in [-0.39, 0.29) is 5.56 Å². The first kappa shape index (κ1) is 14.9. The van der Waals surface area contributed by atoms with Crippen LogP contribution in [0.2, 0.25) is 0 Å². The standard InChI is InChI=1S/C15H10F3NO2/c16-15(17,18)21-13-4-2-1-3-12(13)14(20)11-7-5-10(9-19)6-8-11/h1-8,14,20H. The number of rotatable bonds is 3. The molecule has 21 heavy (non-hydrogen) atoms. The van der Waals surface area contributed by atoms with Crippen molar-refractivity contribution in [2.24, 2.45) is 0 Å². The number of hydrogen-bond donors (Lipinski definition) is 1. The molecule has 1 unspecified atom stereocenters. The van der Waals surface area contributed by atoms with Gasteiger partial charge in [-0.05, 0) is 23.8 Å². The first-order valence-corrected chi connectivity index (χ1v) is 5.93. The summed E-state index contributed by atoms with van der Waals surface area (Å²) in [7, 11) is 0. The van der Waals surface area contributed by atoms with Gasteiger partial charge in [-0.2, -0.15) is 5.26 Å². The molecule has 1 N–H and O–H groups in total. The van der Waals surface area contributed by atoms with Crippen LogP contribution in [0.25, 0.3) is 0 Å². The minimum absolute atomic E-state index is 0.000433. The van der Waals surface area contributed by atoms with E-state index in [1.165, 1.54) is 42.5 Å². The van der Waals surface area contributed by atoms with Crippen LogP contribution >= 0.6 is 0 Å². The Labute approximate surface area is 118 Å². The quantitative estimate of drug-likeness (QED) is 0.941. The van der Waals surface area contributed by atoms with Crippen molar-refractivity contribution in [3.05, 3.63) is 65.2 Å². The van der Waals surface area contributed by atoms with Crippen molar-refractivity contribution >= 4 is 0 Å².